The van der Waals surface area contributed by atoms with Gasteiger partial charge in [0.25, 0.3) is 0 Å². The van der Waals surface area contributed by atoms with Gasteiger partial charge in [0.05, 0.1) is 24.2 Å². The topological polar surface area (TPSA) is 90.0 Å². The van der Waals surface area contributed by atoms with Gasteiger partial charge in [-0.2, -0.15) is 13.2 Å². The second-order valence-corrected chi connectivity index (χ2v) is 6.62. The van der Waals surface area contributed by atoms with E-state index in [0.717, 1.165) is 30.4 Å². The summed E-state index contributed by atoms with van der Waals surface area (Å²) in [6, 6.07) is -1.77. The van der Waals surface area contributed by atoms with Crippen molar-refractivity contribution in [2.75, 3.05) is 24.8 Å². The van der Waals surface area contributed by atoms with Gasteiger partial charge in [0.2, 0.25) is 5.88 Å². The Morgan fingerprint density at radius 1 is 1.26 bits per heavy atom. The fourth-order valence-corrected chi connectivity index (χ4v) is 2.76. The Labute approximate surface area is 154 Å². The van der Waals surface area contributed by atoms with E-state index in [9.17, 15) is 13.2 Å². The van der Waals surface area contributed by atoms with Crippen LogP contribution in [0.2, 0.25) is 0 Å². The number of aromatic nitrogens is 4. The average Bonchev–Trinajstić information content (AvgIpc) is 3.46. The van der Waals surface area contributed by atoms with Gasteiger partial charge in [0.15, 0.2) is 11.6 Å². The maximum absolute atomic E-state index is 13.2. The third-order valence-electron chi connectivity index (χ3n) is 4.73. The van der Waals surface area contributed by atoms with E-state index in [0.29, 0.717) is 11.3 Å². The summed E-state index contributed by atoms with van der Waals surface area (Å²) in [5.74, 6) is 0.745. The molecule has 0 aromatic carbocycles. The van der Waals surface area contributed by atoms with E-state index < -0.39 is 12.2 Å². The van der Waals surface area contributed by atoms with Crippen molar-refractivity contribution >= 4 is 11.5 Å². The van der Waals surface area contributed by atoms with Crippen LogP contribution in [0.3, 0.4) is 0 Å². The van der Waals surface area contributed by atoms with Crippen molar-refractivity contribution in [3.8, 4) is 17.3 Å². The number of methoxy groups -OCH3 is 1. The Kier molecular flexibility index (Phi) is 4.83. The number of hydrogen-bond donors (Lipinski definition) is 1. The first kappa shape index (κ1) is 19.1. The fraction of sp³-hybridized carbons (Fsp3) is 0.529. The number of halogens is 3. The Morgan fingerprint density at radius 2 is 1.93 bits per heavy atom. The molecule has 1 atom stereocenters. The quantitative estimate of drug-likeness (QED) is 0.850. The number of nitrogens with zero attached hydrogens (tertiary/aromatic N) is 5. The molecule has 1 aliphatic rings. The molecule has 146 valence electrons. The maximum Gasteiger partial charge on any atom is 0.408 e. The molecule has 0 saturated heterocycles. The minimum atomic E-state index is -4.42. The second kappa shape index (κ2) is 6.82. The molecule has 0 radical (unpaired) electrons. The van der Waals surface area contributed by atoms with Crippen molar-refractivity contribution in [3.63, 3.8) is 0 Å². The zero-order valence-corrected chi connectivity index (χ0v) is 15.5. The van der Waals surface area contributed by atoms with E-state index in [2.05, 4.69) is 19.9 Å². The normalized spacial score (nSPS) is 15.5. The maximum atomic E-state index is 13.2. The molecule has 1 fully saturated rings. The van der Waals surface area contributed by atoms with Gasteiger partial charge in [-0.25, -0.2) is 19.9 Å². The molecule has 2 heterocycles. The molecule has 0 spiro atoms. The molecule has 1 aliphatic carbocycles. The molecule has 0 unspecified atom stereocenters. The molecule has 1 saturated carbocycles. The second-order valence-electron chi connectivity index (χ2n) is 6.62. The lowest BCUT2D eigenvalue weighted by Gasteiger charge is -2.29. The van der Waals surface area contributed by atoms with Crippen LogP contribution in [0.1, 0.15) is 37.1 Å². The minimum absolute atomic E-state index is 0.00924. The summed E-state index contributed by atoms with van der Waals surface area (Å²) in [5.41, 5.74) is 7.71. The summed E-state index contributed by atoms with van der Waals surface area (Å²) in [4.78, 5) is 18.2. The third kappa shape index (κ3) is 3.60. The molecule has 0 amide bonds. The lowest BCUT2D eigenvalue weighted by Crippen LogP contribution is -2.42. The number of hydrogen-bond acceptors (Lipinski definition) is 7. The largest absolute Gasteiger partial charge is 0.480 e. The number of ether oxygens (including phenoxy) is 1. The number of aryl methyl sites for hydroxylation is 1. The highest BCUT2D eigenvalue weighted by atomic mass is 19.4. The Balaban J connectivity index is 2.16. The smallest absolute Gasteiger partial charge is 0.408 e. The molecule has 3 rings (SSSR count). The van der Waals surface area contributed by atoms with E-state index >= 15 is 0 Å². The lowest BCUT2D eigenvalue weighted by molar-refractivity contribution is -0.144. The summed E-state index contributed by atoms with van der Waals surface area (Å²) >= 11 is 0. The van der Waals surface area contributed by atoms with Gasteiger partial charge in [-0.05, 0) is 26.7 Å². The van der Waals surface area contributed by atoms with E-state index in [-0.39, 0.29) is 29.1 Å². The van der Waals surface area contributed by atoms with Crippen molar-refractivity contribution in [2.45, 2.75) is 44.8 Å². The van der Waals surface area contributed by atoms with E-state index in [1.54, 1.807) is 6.92 Å². The Hall–Kier alpha value is -2.65. The molecule has 27 heavy (non-hydrogen) atoms. The molecule has 0 bridgehead atoms. The number of alkyl halides is 3. The number of rotatable bonds is 5. The van der Waals surface area contributed by atoms with Crippen LogP contribution in [0, 0.1) is 6.92 Å². The summed E-state index contributed by atoms with van der Waals surface area (Å²) in [6.07, 6.45) is -1.08. The van der Waals surface area contributed by atoms with E-state index in [1.165, 1.54) is 20.5 Å². The fourth-order valence-electron chi connectivity index (χ4n) is 2.76. The Bertz CT molecular complexity index is 853. The number of nitrogens with two attached hydrogens (primary N) is 1. The monoisotopic (exact) mass is 382 g/mol. The van der Waals surface area contributed by atoms with Crippen molar-refractivity contribution in [1.82, 2.24) is 19.9 Å². The highest BCUT2D eigenvalue weighted by Gasteiger charge is 2.40. The van der Waals surface area contributed by atoms with Gasteiger partial charge in [0, 0.05) is 13.0 Å². The van der Waals surface area contributed by atoms with Crippen LogP contribution in [0.5, 0.6) is 5.88 Å². The molecular formula is C17H21F3N6O. The molecule has 7 nitrogen and oxygen atoms in total. The summed E-state index contributed by atoms with van der Waals surface area (Å²) in [6.45, 7) is 2.68. The zero-order chi connectivity index (χ0) is 19.9. The van der Waals surface area contributed by atoms with Crippen LogP contribution >= 0.6 is 0 Å². The van der Waals surface area contributed by atoms with Gasteiger partial charge in [0.1, 0.15) is 17.9 Å². The molecule has 2 aromatic heterocycles. The SMILES string of the molecule is COc1ncnc(C2CC2)c1-c1nc(C)c(N)c(N(C)[C@@H](C)C(F)(F)F)n1. The van der Waals surface area contributed by atoms with Crippen molar-refractivity contribution in [1.29, 1.82) is 0 Å². The van der Waals surface area contributed by atoms with Crippen LogP contribution in [0.4, 0.5) is 24.7 Å². The predicted octanol–water partition coefficient (Wildman–Crippen LogP) is 3.10. The third-order valence-corrected chi connectivity index (χ3v) is 4.73. The van der Waals surface area contributed by atoms with Gasteiger partial charge in [-0.15, -0.1) is 0 Å². The van der Waals surface area contributed by atoms with Crippen LogP contribution in [0.25, 0.3) is 11.4 Å². The summed E-state index contributed by atoms with van der Waals surface area (Å²) < 4.78 is 44.9. The first-order valence-electron chi connectivity index (χ1n) is 8.48. The van der Waals surface area contributed by atoms with Crippen molar-refractivity contribution < 1.29 is 17.9 Å². The van der Waals surface area contributed by atoms with Gasteiger partial charge < -0.3 is 15.4 Å². The molecule has 2 N–H and O–H groups in total. The summed E-state index contributed by atoms with van der Waals surface area (Å²) in [5, 5.41) is 0. The van der Waals surface area contributed by atoms with Gasteiger partial charge in [-0.1, -0.05) is 0 Å². The van der Waals surface area contributed by atoms with Crippen molar-refractivity contribution in [3.05, 3.63) is 17.7 Å². The van der Waals surface area contributed by atoms with Crippen molar-refractivity contribution in [2.24, 2.45) is 0 Å². The lowest BCUT2D eigenvalue weighted by atomic mass is 10.1. The average molecular weight is 382 g/mol. The summed E-state index contributed by atoms with van der Waals surface area (Å²) in [7, 11) is 2.77. The first-order chi connectivity index (χ1) is 12.6. The molecule has 2 aromatic rings. The molecular weight excluding hydrogens is 361 g/mol. The zero-order valence-electron chi connectivity index (χ0n) is 15.5. The van der Waals surface area contributed by atoms with E-state index in [4.69, 9.17) is 10.5 Å². The Morgan fingerprint density at radius 3 is 2.48 bits per heavy atom. The van der Waals surface area contributed by atoms with Gasteiger partial charge in [-0.3, -0.25) is 0 Å². The van der Waals surface area contributed by atoms with Crippen LogP contribution in [-0.2, 0) is 0 Å². The first-order valence-corrected chi connectivity index (χ1v) is 8.48. The highest BCUT2D eigenvalue weighted by molar-refractivity contribution is 5.73. The minimum Gasteiger partial charge on any atom is -0.480 e. The van der Waals surface area contributed by atoms with E-state index in [1.807, 2.05) is 0 Å². The van der Waals surface area contributed by atoms with Crippen LogP contribution < -0.4 is 15.4 Å². The van der Waals surface area contributed by atoms with Crippen LogP contribution in [0.15, 0.2) is 6.33 Å². The molecule has 0 aliphatic heterocycles. The standard InChI is InChI=1S/C17H21F3N6O/c1-8-12(21)15(26(3)9(2)17(18,19)20)25-14(24-8)11-13(10-5-6-10)22-7-23-16(11)27-4/h7,9-10H,5-6,21H2,1-4H3/t9-/m0/s1. The number of nitrogen functional groups attached to an aromatic ring is 1. The van der Waals surface area contributed by atoms with Gasteiger partial charge >= 0.3 is 6.18 Å². The predicted molar refractivity (Wildman–Crippen MR) is 94.7 cm³/mol. The molecule has 10 heteroatoms. The number of anilines is 2. The highest BCUT2D eigenvalue weighted by Crippen LogP contribution is 2.45. The van der Waals surface area contributed by atoms with Crippen LogP contribution in [-0.4, -0.2) is 46.3 Å².